The number of carbonyl (C=O) groups is 1. The number of ether oxygens (including phenoxy) is 3. The molecule has 26 heavy (non-hydrogen) atoms. The first-order valence-electron chi connectivity index (χ1n) is 9.34. The molecule has 0 unspecified atom stereocenters. The molecule has 2 aliphatic carbocycles. The number of ketones is 1. The zero-order chi connectivity index (χ0) is 17.4. The lowest BCUT2D eigenvalue weighted by molar-refractivity contribution is -0.207. The minimum absolute atomic E-state index is 0. The summed E-state index contributed by atoms with van der Waals surface area (Å²) in [5.41, 5.74) is 0.731. The molecule has 2 fully saturated rings. The van der Waals surface area contributed by atoms with Crippen molar-refractivity contribution in [2.45, 2.75) is 62.2 Å². The second-order valence-corrected chi connectivity index (χ2v) is 7.88. The third-order valence-corrected chi connectivity index (χ3v) is 7.23. The van der Waals surface area contributed by atoms with E-state index in [4.69, 9.17) is 14.2 Å². The molecule has 2 bridgehead atoms. The minimum Gasteiger partial charge on any atom is -0.493 e. The van der Waals surface area contributed by atoms with E-state index >= 15 is 0 Å². The van der Waals surface area contributed by atoms with Crippen molar-refractivity contribution in [2.75, 3.05) is 20.3 Å². The van der Waals surface area contributed by atoms with Crippen LogP contribution in [0.25, 0.3) is 0 Å². The predicted octanol–water partition coefficient (Wildman–Crippen LogP) is 2.56. The Kier molecular flexibility index (Phi) is 3.89. The van der Waals surface area contributed by atoms with Crippen LogP contribution in [0.2, 0.25) is 0 Å². The van der Waals surface area contributed by atoms with Gasteiger partial charge in [0.2, 0.25) is 0 Å². The summed E-state index contributed by atoms with van der Waals surface area (Å²) in [6.07, 6.45) is 3.01. The maximum absolute atomic E-state index is 13.1. The van der Waals surface area contributed by atoms with Crippen molar-refractivity contribution in [3.05, 3.63) is 23.3 Å². The quantitative estimate of drug-likeness (QED) is 0.874. The molecule has 6 heteroatoms. The van der Waals surface area contributed by atoms with Gasteiger partial charge >= 0.3 is 0 Å². The van der Waals surface area contributed by atoms with Crippen LogP contribution in [-0.2, 0) is 21.4 Å². The molecule has 4 aliphatic rings. The van der Waals surface area contributed by atoms with Crippen LogP contribution in [0.3, 0.4) is 0 Å². The number of hydrogen-bond donors (Lipinski definition) is 1. The lowest BCUT2D eigenvalue weighted by atomic mass is 9.45. The smallest absolute Gasteiger partial charge is 0.177 e. The Bertz CT molecular complexity index is 783. The summed E-state index contributed by atoms with van der Waals surface area (Å²) in [4.78, 5) is 13.1. The van der Waals surface area contributed by atoms with Gasteiger partial charge in [0.05, 0.1) is 18.1 Å². The first-order chi connectivity index (χ1) is 12.0. The molecule has 2 aliphatic heterocycles. The molecule has 0 amide bonds. The summed E-state index contributed by atoms with van der Waals surface area (Å²) >= 11 is 0. The summed E-state index contributed by atoms with van der Waals surface area (Å²) in [7, 11) is 1.66. The SMILES string of the molecule is CCO[C@@]12CCC(=O)[C@]3(C)Oc4c(OC)ccc5c4[C@@]31CCN[C@@H]2C5.Cl. The highest BCUT2D eigenvalue weighted by Gasteiger charge is 2.77. The van der Waals surface area contributed by atoms with Gasteiger partial charge in [0.15, 0.2) is 22.9 Å². The molecule has 1 saturated carbocycles. The predicted molar refractivity (Wildman–Crippen MR) is 99.7 cm³/mol. The van der Waals surface area contributed by atoms with E-state index in [1.54, 1.807) is 7.11 Å². The standard InChI is InChI=1S/C20H25NO4.ClH/c1-4-24-20-8-7-15(22)18(2)19(20)9-10-21-14(20)11-12-5-6-13(23-3)17(25-18)16(12)19;/h5-6,14,21H,4,7-11H2,1-3H3;1H/t14-,18+,19+,20-;/m1./s1. The highest BCUT2D eigenvalue weighted by atomic mass is 35.5. The minimum atomic E-state index is -0.882. The molecular weight excluding hydrogens is 354 g/mol. The monoisotopic (exact) mass is 379 g/mol. The van der Waals surface area contributed by atoms with Gasteiger partial charge in [-0.2, -0.15) is 0 Å². The summed E-state index contributed by atoms with van der Waals surface area (Å²) in [6.45, 7) is 5.55. The number of benzene rings is 1. The number of nitrogens with one attached hydrogen (secondary N) is 1. The normalized spacial score (nSPS) is 38.9. The average molecular weight is 380 g/mol. The lowest BCUT2D eigenvalue weighted by Crippen LogP contribution is -2.80. The van der Waals surface area contributed by atoms with Crippen LogP contribution in [0.15, 0.2) is 12.1 Å². The number of hydrogen-bond acceptors (Lipinski definition) is 5. The first kappa shape index (κ1) is 18.1. The van der Waals surface area contributed by atoms with Crippen molar-refractivity contribution in [2.24, 2.45) is 0 Å². The van der Waals surface area contributed by atoms with Crippen LogP contribution in [0.1, 0.15) is 44.2 Å². The van der Waals surface area contributed by atoms with Crippen LogP contribution in [0.4, 0.5) is 0 Å². The maximum Gasteiger partial charge on any atom is 0.177 e. The van der Waals surface area contributed by atoms with Gasteiger partial charge in [0, 0.05) is 24.6 Å². The van der Waals surface area contributed by atoms with E-state index in [0.29, 0.717) is 13.0 Å². The Morgan fingerprint density at radius 3 is 2.88 bits per heavy atom. The van der Waals surface area contributed by atoms with Crippen LogP contribution < -0.4 is 14.8 Å². The van der Waals surface area contributed by atoms with Crippen LogP contribution >= 0.6 is 12.4 Å². The van der Waals surface area contributed by atoms with Gasteiger partial charge in [-0.05, 0) is 51.3 Å². The molecule has 0 aromatic heterocycles. The summed E-state index contributed by atoms with van der Waals surface area (Å²) < 4.78 is 18.6. The van der Waals surface area contributed by atoms with E-state index < -0.39 is 16.6 Å². The molecule has 1 aromatic carbocycles. The number of methoxy groups -OCH3 is 1. The van der Waals surface area contributed by atoms with Crippen molar-refractivity contribution >= 4 is 18.2 Å². The molecule has 5 rings (SSSR count). The molecule has 1 aromatic rings. The molecule has 2 heterocycles. The Labute approximate surface area is 160 Å². The van der Waals surface area contributed by atoms with Crippen LogP contribution in [-0.4, -0.2) is 43.3 Å². The van der Waals surface area contributed by atoms with Crippen molar-refractivity contribution in [1.29, 1.82) is 0 Å². The molecule has 4 atom stereocenters. The van der Waals surface area contributed by atoms with E-state index in [9.17, 15) is 4.79 Å². The van der Waals surface area contributed by atoms with Gasteiger partial charge in [0.25, 0.3) is 0 Å². The van der Waals surface area contributed by atoms with E-state index in [2.05, 4.69) is 11.4 Å². The number of Topliss-reactive ketones (excluding diaryl/α,β-unsaturated/α-hetero) is 1. The van der Waals surface area contributed by atoms with E-state index in [1.165, 1.54) is 11.1 Å². The Morgan fingerprint density at radius 1 is 1.35 bits per heavy atom. The largest absolute Gasteiger partial charge is 0.493 e. The number of halogens is 1. The molecule has 0 radical (unpaired) electrons. The van der Waals surface area contributed by atoms with Crippen molar-refractivity contribution in [3.63, 3.8) is 0 Å². The number of rotatable bonds is 3. The Hall–Kier alpha value is -1.30. The second-order valence-electron chi connectivity index (χ2n) is 7.88. The van der Waals surface area contributed by atoms with E-state index in [1.807, 2.05) is 19.9 Å². The van der Waals surface area contributed by atoms with Crippen LogP contribution in [0, 0.1) is 0 Å². The van der Waals surface area contributed by atoms with E-state index in [0.717, 1.165) is 37.3 Å². The average Bonchev–Trinajstić information content (AvgIpc) is 2.87. The molecule has 142 valence electrons. The highest BCUT2D eigenvalue weighted by molar-refractivity contribution is 5.94. The third-order valence-electron chi connectivity index (χ3n) is 7.23. The summed E-state index contributed by atoms with van der Waals surface area (Å²) in [6, 6.07) is 4.33. The zero-order valence-corrected chi connectivity index (χ0v) is 16.3. The third kappa shape index (κ3) is 1.68. The summed E-state index contributed by atoms with van der Waals surface area (Å²) in [5, 5.41) is 3.69. The Morgan fingerprint density at radius 2 is 2.15 bits per heavy atom. The molecule has 1 N–H and O–H groups in total. The van der Waals surface area contributed by atoms with Crippen molar-refractivity contribution < 1.29 is 19.0 Å². The molecular formula is C20H26ClNO4. The zero-order valence-electron chi connectivity index (χ0n) is 15.5. The topological polar surface area (TPSA) is 56.8 Å². The maximum atomic E-state index is 13.1. The van der Waals surface area contributed by atoms with Gasteiger partial charge in [0.1, 0.15) is 0 Å². The first-order valence-corrected chi connectivity index (χ1v) is 9.34. The molecule has 1 spiro atoms. The van der Waals surface area contributed by atoms with Gasteiger partial charge in [-0.3, -0.25) is 4.79 Å². The van der Waals surface area contributed by atoms with Gasteiger partial charge < -0.3 is 19.5 Å². The van der Waals surface area contributed by atoms with Crippen LogP contribution in [0.5, 0.6) is 11.5 Å². The van der Waals surface area contributed by atoms with Gasteiger partial charge in [-0.25, -0.2) is 0 Å². The molecule has 1 saturated heterocycles. The van der Waals surface area contributed by atoms with Gasteiger partial charge in [-0.15, -0.1) is 12.4 Å². The fourth-order valence-corrected chi connectivity index (χ4v) is 6.35. The second kappa shape index (κ2) is 5.60. The lowest BCUT2D eigenvalue weighted by Gasteiger charge is -2.64. The molecule has 5 nitrogen and oxygen atoms in total. The fourth-order valence-electron chi connectivity index (χ4n) is 6.35. The van der Waals surface area contributed by atoms with Crippen molar-refractivity contribution in [3.8, 4) is 11.5 Å². The Balaban J connectivity index is 0.00000168. The number of carbonyl (C=O) groups excluding carboxylic acids is 1. The summed E-state index contributed by atoms with van der Waals surface area (Å²) in [5.74, 6) is 1.68. The van der Waals surface area contributed by atoms with Gasteiger partial charge in [-0.1, -0.05) is 6.07 Å². The van der Waals surface area contributed by atoms with Crippen molar-refractivity contribution in [1.82, 2.24) is 5.32 Å². The number of piperidine rings is 1. The highest BCUT2D eigenvalue weighted by Crippen LogP contribution is 2.68. The van der Waals surface area contributed by atoms with E-state index in [-0.39, 0.29) is 24.2 Å². The fraction of sp³-hybridized carbons (Fsp3) is 0.650.